The first-order valence-corrected chi connectivity index (χ1v) is 5.95. The van der Waals surface area contributed by atoms with Gasteiger partial charge >= 0.3 is 0 Å². The molecule has 0 aliphatic heterocycles. The van der Waals surface area contributed by atoms with Crippen LogP contribution in [0, 0.1) is 0 Å². The lowest BCUT2D eigenvalue weighted by Crippen LogP contribution is -2.36. The van der Waals surface area contributed by atoms with Gasteiger partial charge in [0.1, 0.15) is 0 Å². The zero-order valence-corrected chi connectivity index (χ0v) is 11.1. The Balaban J connectivity index is 2.30. The average molecular weight is 238 g/mol. The number of carbonyl (C=O) groups excluding carboxylic acids is 1. The van der Waals surface area contributed by atoms with E-state index in [9.17, 15) is 4.79 Å². The highest BCUT2D eigenvalue weighted by molar-refractivity contribution is 5.75. The Hall–Kier alpha value is -1.36. The Labute approximate surface area is 103 Å². The molecule has 0 aliphatic carbocycles. The number of rotatable bonds is 6. The molecule has 1 aromatic rings. The summed E-state index contributed by atoms with van der Waals surface area (Å²) < 4.78 is 1.92. The normalized spacial score (nSPS) is 14.4. The van der Waals surface area contributed by atoms with E-state index in [-0.39, 0.29) is 18.0 Å². The van der Waals surface area contributed by atoms with Crippen LogP contribution in [-0.4, -0.2) is 47.3 Å². The van der Waals surface area contributed by atoms with E-state index in [0.29, 0.717) is 13.0 Å². The third-order valence-electron chi connectivity index (χ3n) is 2.97. The number of carbonyl (C=O) groups is 1. The van der Waals surface area contributed by atoms with Crippen molar-refractivity contribution in [3.05, 3.63) is 18.5 Å². The van der Waals surface area contributed by atoms with Gasteiger partial charge < -0.3 is 10.2 Å². The molecule has 0 aliphatic rings. The van der Waals surface area contributed by atoms with Crippen molar-refractivity contribution in [2.45, 2.75) is 32.4 Å². The zero-order chi connectivity index (χ0) is 12.8. The van der Waals surface area contributed by atoms with Crippen LogP contribution in [0.2, 0.25) is 0 Å². The number of amides is 1. The molecular formula is C12H22N4O. The smallest absolute Gasteiger partial charge is 0.223 e. The molecule has 0 saturated carbocycles. The third kappa shape index (κ3) is 4.19. The Morgan fingerprint density at radius 3 is 2.71 bits per heavy atom. The summed E-state index contributed by atoms with van der Waals surface area (Å²) in [6.07, 6.45) is 4.26. The predicted molar refractivity (Wildman–Crippen MR) is 67.7 cm³/mol. The van der Waals surface area contributed by atoms with Gasteiger partial charge in [-0.25, -0.2) is 0 Å². The van der Waals surface area contributed by atoms with Crippen molar-refractivity contribution >= 4 is 5.91 Å². The molecule has 1 rings (SSSR count). The van der Waals surface area contributed by atoms with Crippen LogP contribution in [0.4, 0.5) is 0 Å². The third-order valence-corrected chi connectivity index (χ3v) is 2.97. The second kappa shape index (κ2) is 6.39. The zero-order valence-electron chi connectivity index (χ0n) is 11.1. The Kier molecular flexibility index (Phi) is 5.15. The summed E-state index contributed by atoms with van der Waals surface area (Å²) in [6, 6.07) is 2.48. The lowest BCUT2D eigenvalue weighted by molar-refractivity contribution is -0.128. The van der Waals surface area contributed by atoms with Gasteiger partial charge in [0.25, 0.3) is 0 Å². The largest absolute Gasteiger partial charge is 0.349 e. The maximum Gasteiger partial charge on any atom is 0.223 e. The second-order valence-corrected chi connectivity index (χ2v) is 4.51. The van der Waals surface area contributed by atoms with Crippen LogP contribution in [0.1, 0.15) is 26.3 Å². The highest BCUT2D eigenvalue weighted by atomic mass is 16.2. The molecule has 5 nitrogen and oxygen atoms in total. The summed E-state index contributed by atoms with van der Waals surface area (Å²) >= 11 is 0. The summed E-state index contributed by atoms with van der Waals surface area (Å²) in [5, 5.41) is 7.56. The first-order chi connectivity index (χ1) is 8.02. The highest BCUT2D eigenvalue weighted by Crippen LogP contribution is 2.08. The van der Waals surface area contributed by atoms with E-state index < -0.39 is 0 Å². The van der Waals surface area contributed by atoms with Gasteiger partial charge in [-0.05, 0) is 19.9 Å². The Morgan fingerprint density at radius 2 is 2.18 bits per heavy atom. The number of nitrogens with one attached hydrogen (secondary N) is 1. The van der Waals surface area contributed by atoms with E-state index >= 15 is 0 Å². The van der Waals surface area contributed by atoms with E-state index in [4.69, 9.17) is 0 Å². The highest BCUT2D eigenvalue weighted by Gasteiger charge is 2.13. The monoisotopic (exact) mass is 238 g/mol. The molecule has 1 aromatic heterocycles. The van der Waals surface area contributed by atoms with Crippen molar-refractivity contribution in [1.82, 2.24) is 20.0 Å². The van der Waals surface area contributed by atoms with Crippen LogP contribution in [-0.2, 0) is 4.79 Å². The van der Waals surface area contributed by atoms with E-state index in [1.807, 2.05) is 16.9 Å². The first-order valence-electron chi connectivity index (χ1n) is 5.95. The van der Waals surface area contributed by atoms with E-state index in [0.717, 1.165) is 0 Å². The molecule has 0 radical (unpaired) electrons. The van der Waals surface area contributed by atoms with Crippen LogP contribution in [0.15, 0.2) is 18.5 Å². The van der Waals surface area contributed by atoms with E-state index in [1.54, 1.807) is 25.2 Å². The summed E-state index contributed by atoms with van der Waals surface area (Å²) in [5.74, 6) is 0.149. The molecule has 96 valence electrons. The predicted octanol–water partition coefficient (Wildman–Crippen LogP) is 0.900. The van der Waals surface area contributed by atoms with Crippen molar-refractivity contribution in [2.24, 2.45) is 0 Å². The molecule has 5 heteroatoms. The number of nitrogens with zero attached hydrogens (tertiary/aromatic N) is 3. The van der Waals surface area contributed by atoms with Crippen LogP contribution < -0.4 is 5.32 Å². The molecular weight excluding hydrogens is 216 g/mol. The van der Waals surface area contributed by atoms with Crippen LogP contribution >= 0.6 is 0 Å². The van der Waals surface area contributed by atoms with Gasteiger partial charge in [0, 0.05) is 45.5 Å². The van der Waals surface area contributed by atoms with Gasteiger partial charge in [0.2, 0.25) is 5.91 Å². The van der Waals surface area contributed by atoms with Crippen molar-refractivity contribution in [3.8, 4) is 0 Å². The summed E-state index contributed by atoms with van der Waals surface area (Å²) in [7, 11) is 3.55. The van der Waals surface area contributed by atoms with Crippen molar-refractivity contribution in [2.75, 3.05) is 20.6 Å². The van der Waals surface area contributed by atoms with Crippen molar-refractivity contribution in [1.29, 1.82) is 0 Å². The van der Waals surface area contributed by atoms with Gasteiger partial charge in [-0.3, -0.25) is 9.48 Å². The SMILES string of the molecule is CC(NCCC(=O)N(C)C)C(C)n1cccn1. The average Bonchev–Trinajstić information content (AvgIpc) is 2.80. The number of aromatic nitrogens is 2. The minimum atomic E-state index is 0.149. The van der Waals surface area contributed by atoms with Crippen LogP contribution in [0.5, 0.6) is 0 Å². The Bertz CT molecular complexity index is 334. The maximum absolute atomic E-state index is 11.4. The minimum Gasteiger partial charge on any atom is -0.349 e. The molecule has 2 unspecified atom stereocenters. The fourth-order valence-electron chi connectivity index (χ4n) is 1.55. The summed E-state index contributed by atoms with van der Waals surface area (Å²) in [5.41, 5.74) is 0. The van der Waals surface area contributed by atoms with Gasteiger partial charge in [0.05, 0.1) is 6.04 Å². The molecule has 17 heavy (non-hydrogen) atoms. The topological polar surface area (TPSA) is 50.2 Å². The van der Waals surface area contributed by atoms with Gasteiger partial charge in [0.15, 0.2) is 0 Å². The van der Waals surface area contributed by atoms with Crippen LogP contribution in [0.3, 0.4) is 0 Å². The van der Waals surface area contributed by atoms with E-state index in [1.165, 1.54) is 0 Å². The molecule has 0 bridgehead atoms. The molecule has 1 heterocycles. The Morgan fingerprint density at radius 1 is 1.47 bits per heavy atom. The van der Waals surface area contributed by atoms with Gasteiger partial charge in [-0.1, -0.05) is 0 Å². The number of hydrogen-bond donors (Lipinski definition) is 1. The van der Waals surface area contributed by atoms with Crippen molar-refractivity contribution in [3.63, 3.8) is 0 Å². The lowest BCUT2D eigenvalue weighted by Gasteiger charge is -2.22. The van der Waals surface area contributed by atoms with E-state index in [2.05, 4.69) is 24.3 Å². The van der Waals surface area contributed by atoms with Gasteiger partial charge in [-0.2, -0.15) is 5.10 Å². The van der Waals surface area contributed by atoms with Gasteiger partial charge in [-0.15, -0.1) is 0 Å². The molecule has 1 amide bonds. The van der Waals surface area contributed by atoms with Crippen LogP contribution in [0.25, 0.3) is 0 Å². The van der Waals surface area contributed by atoms with Crippen molar-refractivity contribution < 1.29 is 4.79 Å². The lowest BCUT2D eigenvalue weighted by atomic mass is 10.1. The quantitative estimate of drug-likeness (QED) is 0.801. The summed E-state index contributed by atoms with van der Waals surface area (Å²) in [6.45, 7) is 4.91. The fraction of sp³-hybridized carbons (Fsp3) is 0.667. The molecule has 2 atom stereocenters. The first kappa shape index (κ1) is 13.7. The maximum atomic E-state index is 11.4. The second-order valence-electron chi connectivity index (χ2n) is 4.51. The fourth-order valence-corrected chi connectivity index (χ4v) is 1.55. The minimum absolute atomic E-state index is 0.149. The molecule has 0 spiro atoms. The summed E-state index contributed by atoms with van der Waals surface area (Å²) in [4.78, 5) is 13.0. The standard InChI is InChI=1S/C12H22N4O/c1-10(11(2)16-9-5-7-14-16)13-8-6-12(17)15(3)4/h5,7,9-11,13H,6,8H2,1-4H3. The molecule has 0 saturated heterocycles. The molecule has 0 aromatic carbocycles. The number of hydrogen-bond acceptors (Lipinski definition) is 3. The molecule has 0 fully saturated rings. The molecule has 1 N–H and O–H groups in total.